The van der Waals surface area contributed by atoms with Gasteiger partial charge in [0.2, 0.25) is 0 Å². The number of carbonyl (C=O) groups is 1. The fourth-order valence-corrected chi connectivity index (χ4v) is 2.99. The molecule has 0 amide bonds. The molecule has 0 radical (unpaired) electrons. The summed E-state index contributed by atoms with van der Waals surface area (Å²) >= 11 is 0. The number of hydrogen-bond acceptors (Lipinski definition) is 5. The molecule has 26 heavy (non-hydrogen) atoms. The van der Waals surface area contributed by atoms with E-state index >= 15 is 0 Å². The van der Waals surface area contributed by atoms with Crippen molar-refractivity contribution in [2.24, 2.45) is 5.73 Å². The van der Waals surface area contributed by atoms with E-state index in [-0.39, 0.29) is 0 Å². The molecule has 6 nitrogen and oxygen atoms in total. The third kappa shape index (κ3) is 3.41. The molecule has 0 saturated heterocycles. The molecule has 0 aliphatic heterocycles. The molecule has 0 aliphatic rings. The van der Waals surface area contributed by atoms with E-state index in [0.29, 0.717) is 13.0 Å². The second-order valence-corrected chi connectivity index (χ2v) is 6.09. The third-order valence-corrected chi connectivity index (χ3v) is 4.29. The molecule has 3 aromatic rings. The number of methoxy groups -OCH3 is 1. The number of ether oxygens (including phenoxy) is 2. The summed E-state index contributed by atoms with van der Waals surface area (Å²) in [7, 11) is 1.63. The summed E-state index contributed by atoms with van der Waals surface area (Å²) in [6.07, 6.45) is 2.27. The van der Waals surface area contributed by atoms with Crippen LogP contribution in [0.4, 0.5) is 0 Å². The average molecular weight is 353 g/mol. The second kappa shape index (κ2) is 7.58. The molecule has 1 aromatic carbocycles. The lowest BCUT2D eigenvalue weighted by atomic mass is 10.1. The van der Waals surface area contributed by atoms with Crippen LogP contribution in [-0.2, 0) is 16.0 Å². The Labute approximate surface area is 152 Å². The second-order valence-electron chi connectivity index (χ2n) is 6.09. The Hall–Kier alpha value is -2.86. The van der Waals surface area contributed by atoms with Gasteiger partial charge in [-0.2, -0.15) is 0 Å². The van der Waals surface area contributed by atoms with Crippen LogP contribution in [0.15, 0.2) is 42.6 Å². The number of esters is 1. The molecule has 2 N–H and O–H groups in total. The number of carbonyl (C=O) groups excluding carboxylic acids is 1. The van der Waals surface area contributed by atoms with Gasteiger partial charge in [-0.05, 0) is 37.6 Å². The summed E-state index contributed by atoms with van der Waals surface area (Å²) in [6, 6.07) is 10.9. The van der Waals surface area contributed by atoms with Crippen molar-refractivity contribution in [3.63, 3.8) is 0 Å². The topological polar surface area (TPSA) is 78.8 Å². The summed E-state index contributed by atoms with van der Waals surface area (Å²) in [5.41, 5.74) is 10.6. The molecule has 1 atom stereocenters. The van der Waals surface area contributed by atoms with Crippen LogP contribution in [0.5, 0.6) is 5.75 Å². The monoisotopic (exact) mass is 353 g/mol. The predicted molar refractivity (Wildman–Crippen MR) is 100 cm³/mol. The van der Waals surface area contributed by atoms with Crippen molar-refractivity contribution in [1.82, 2.24) is 9.38 Å². The normalized spacial score (nSPS) is 12.2. The lowest BCUT2D eigenvalue weighted by molar-refractivity contribution is -0.144. The number of nitrogens with zero attached hydrogens (tertiary/aromatic N) is 2. The Bertz CT molecular complexity index is 933. The van der Waals surface area contributed by atoms with Crippen molar-refractivity contribution in [1.29, 1.82) is 0 Å². The van der Waals surface area contributed by atoms with E-state index in [4.69, 9.17) is 20.2 Å². The van der Waals surface area contributed by atoms with Gasteiger partial charge in [0.05, 0.1) is 25.1 Å². The van der Waals surface area contributed by atoms with E-state index in [9.17, 15) is 4.79 Å². The molecular formula is C20H23N3O3. The number of pyridine rings is 1. The number of nitrogens with two attached hydrogens (primary N) is 1. The van der Waals surface area contributed by atoms with Crippen LogP contribution < -0.4 is 10.5 Å². The van der Waals surface area contributed by atoms with Gasteiger partial charge in [-0.1, -0.05) is 18.2 Å². The Morgan fingerprint density at radius 2 is 2.12 bits per heavy atom. The predicted octanol–water partition coefficient (Wildman–Crippen LogP) is 2.75. The summed E-state index contributed by atoms with van der Waals surface area (Å²) in [4.78, 5) is 16.8. The van der Waals surface area contributed by atoms with Gasteiger partial charge in [-0.25, -0.2) is 4.98 Å². The highest BCUT2D eigenvalue weighted by Gasteiger charge is 2.22. The van der Waals surface area contributed by atoms with Crippen molar-refractivity contribution in [2.75, 3.05) is 13.7 Å². The highest BCUT2D eigenvalue weighted by atomic mass is 16.5. The fourth-order valence-electron chi connectivity index (χ4n) is 2.99. The van der Waals surface area contributed by atoms with Gasteiger partial charge in [0.1, 0.15) is 17.4 Å². The molecule has 0 fully saturated rings. The van der Waals surface area contributed by atoms with Gasteiger partial charge < -0.3 is 19.6 Å². The molecule has 6 heteroatoms. The Morgan fingerprint density at radius 1 is 1.31 bits per heavy atom. The highest BCUT2D eigenvalue weighted by Crippen LogP contribution is 2.29. The number of hydrogen-bond donors (Lipinski definition) is 1. The molecule has 0 saturated carbocycles. The first-order valence-corrected chi connectivity index (χ1v) is 8.58. The van der Waals surface area contributed by atoms with Crippen molar-refractivity contribution in [3.8, 4) is 17.0 Å². The van der Waals surface area contributed by atoms with E-state index in [0.717, 1.165) is 33.9 Å². The maximum atomic E-state index is 12.0. The molecule has 2 heterocycles. The van der Waals surface area contributed by atoms with Crippen molar-refractivity contribution >= 4 is 11.6 Å². The van der Waals surface area contributed by atoms with E-state index in [1.807, 2.05) is 53.9 Å². The first kappa shape index (κ1) is 17.9. The first-order valence-electron chi connectivity index (χ1n) is 8.58. The van der Waals surface area contributed by atoms with Crippen LogP contribution in [0.1, 0.15) is 18.2 Å². The Morgan fingerprint density at radius 3 is 2.85 bits per heavy atom. The number of aryl methyl sites for hydroxylation is 1. The number of fused-ring (bicyclic) bond motifs is 1. The number of imidazole rings is 1. The van der Waals surface area contributed by atoms with Gasteiger partial charge in [0.25, 0.3) is 0 Å². The van der Waals surface area contributed by atoms with E-state index in [1.54, 1.807) is 14.0 Å². The van der Waals surface area contributed by atoms with Gasteiger partial charge in [-0.3, -0.25) is 4.79 Å². The number of benzene rings is 1. The molecule has 1 unspecified atom stereocenters. The van der Waals surface area contributed by atoms with Crippen LogP contribution in [0.2, 0.25) is 0 Å². The standard InChI is InChI=1S/C20H23N3O3/c1-4-26-20(24)16(21)12-17-18(14-8-5-9-15(11-14)25-3)22-19-13(2)7-6-10-23(17)19/h5-11,16H,4,12,21H2,1-3H3. The van der Waals surface area contributed by atoms with Crippen molar-refractivity contribution in [2.45, 2.75) is 26.3 Å². The molecular weight excluding hydrogens is 330 g/mol. The fraction of sp³-hybridized carbons (Fsp3) is 0.300. The van der Waals surface area contributed by atoms with Gasteiger partial charge in [0, 0.05) is 18.2 Å². The maximum absolute atomic E-state index is 12.0. The van der Waals surface area contributed by atoms with Gasteiger partial charge >= 0.3 is 5.97 Å². The van der Waals surface area contributed by atoms with Crippen molar-refractivity contribution < 1.29 is 14.3 Å². The maximum Gasteiger partial charge on any atom is 0.323 e. The quantitative estimate of drug-likeness (QED) is 0.690. The Kier molecular flexibility index (Phi) is 5.23. The van der Waals surface area contributed by atoms with Crippen LogP contribution in [0, 0.1) is 6.92 Å². The molecule has 2 aromatic heterocycles. The molecule has 3 rings (SSSR count). The summed E-state index contributed by atoms with van der Waals surface area (Å²) in [5.74, 6) is 0.337. The minimum Gasteiger partial charge on any atom is -0.497 e. The minimum absolute atomic E-state index is 0.307. The van der Waals surface area contributed by atoms with Crippen LogP contribution in [-0.4, -0.2) is 35.1 Å². The molecule has 0 aliphatic carbocycles. The smallest absolute Gasteiger partial charge is 0.323 e. The van der Waals surface area contributed by atoms with Crippen LogP contribution >= 0.6 is 0 Å². The Balaban J connectivity index is 2.12. The molecule has 136 valence electrons. The van der Waals surface area contributed by atoms with Crippen LogP contribution in [0.25, 0.3) is 16.9 Å². The van der Waals surface area contributed by atoms with E-state index in [2.05, 4.69) is 0 Å². The van der Waals surface area contributed by atoms with Gasteiger partial charge in [0.15, 0.2) is 0 Å². The molecule has 0 spiro atoms. The summed E-state index contributed by atoms with van der Waals surface area (Å²) in [5, 5.41) is 0. The minimum atomic E-state index is -0.750. The largest absolute Gasteiger partial charge is 0.497 e. The highest BCUT2D eigenvalue weighted by molar-refractivity contribution is 5.77. The number of aromatic nitrogens is 2. The zero-order chi connectivity index (χ0) is 18.7. The van der Waals surface area contributed by atoms with Crippen LogP contribution in [0.3, 0.4) is 0 Å². The summed E-state index contributed by atoms with van der Waals surface area (Å²) in [6.45, 7) is 4.08. The van der Waals surface area contributed by atoms with E-state index in [1.165, 1.54) is 0 Å². The van der Waals surface area contributed by atoms with Gasteiger partial charge in [-0.15, -0.1) is 0 Å². The zero-order valence-corrected chi connectivity index (χ0v) is 15.2. The average Bonchev–Trinajstić information content (AvgIpc) is 3.02. The summed E-state index contributed by atoms with van der Waals surface area (Å²) < 4.78 is 12.4. The molecule has 0 bridgehead atoms. The lowest BCUT2D eigenvalue weighted by Gasteiger charge is -2.12. The SMILES string of the molecule is CCOC(=O)C(N)Cc1c(-c2cccc(OC)c2)nc2c(C)cccn12. The first-order chi connectivity index (χ1) is 12.5. The zero-order valence-electron chi connectivity index (χ0n) is 15.2. The van der Waals surface area contributed by atoms with Crippen molar-refractivity contribution in [3.05, 3.63) is 53.9 Å². The lowest BCUT2D eigenvalue weighted by Crippen LogP contribution is -2.34. The van der Waals surface area contributed by atoms with E-state index < -0.39 is 12.0 Å². The third-order valence-electron chi connectivity index (χ3n) is 4.29. The number of rotatable bonds is 6.